The largest absolute Gasteiger partial charge is 0.492 e. The molecule has 0 aromatic heterocycles. The van der Waals surface area contributed by atoms with Gasteiger partial charge in [-0.1, -0.05) is 21.1 Å². The Hall–Kier alpha value is -1.03. The van der Waals surface area contributed by atoms with Crippen molar-refractivity contribution < 1.29 is 9.94 Å². The SMILES string of the molecule is O/N=C1\CCOc2cc(Br)ccc21. The minimum atomic E-state index is 0.572. The topological polar surface area (TPSA) is 41.8 Å². The van der Waals surface area contributed by atoms with Gasteiger partial charge in [0, 0.05) is 16.5 Å². The smallest absolute Gasteiger partial charge is 0.129 e. The average molecular weight is 242 g/mol. The third kappa shape index (κ3) is 1.54. The highest BCUT2D eigenvalue weighted by molar-refractivity contribution is 9.10. The van der Waals surface area contributed by atoms with Crippen LogP contribution in [0.1, 0.15) is 12.0 Å². The second-order valence-corrected chi connectivity index (χ2v) is 3.70. The summed E-state index contributed by atoms with van der Waals surface area (Å²) in [7, 11) is 0. The fourth-order valence-corrected chi connectivity index (χ4v) is 1.69. The number of hydrogen-bond donors (Lipinski definition) is 1. The first-order valence-electron chi connectivity index (χ1n) is 3.95. The first kappa shape index (κ1) is 8.56. The molecule has 2 rings (SSSR count). The Morgan fingerprint density at radius 2 is 2.31 bits per heavy atom. The van der Waals surface area contributed by atoms with Gasteiger partial charge in [-0.15, -0.1) is 0 Å². The Bertz CT molecular complexity index is 363. The van der Waals surface area contributed by atoms with Crippen molar-refractivity contribution in [1.82, 2.24) is 0 Å². The number of oxime groups is 1. The summed E-state index contributed by atoms with van der Waals surface area (Å²) in [6.07, 6.45) is 0.658. The van der Waals surface area contributed by atoms with Gasteiger partial charge in [0.2, 0.25) is 0 Å². The molecule has 4 heteroatoms. The minimum absolute atomic E-state index is 0.572. The monoisotopic (exact) mass is 241 g/mol. The molecule has 0 aliphatic carbocycles. The third-order valence-electron chi connectivity index (χ3n) is 1.97. The molecule has 0 spiro atoms. The van der Waals surface area contributed by atoms with Crippen LogP contribution in [0.15, 0.2) is 27.8 Å². The van der Waals surface area contributed by atoms with Gasteiger partial charge in [0.25, 0.3) is 0 Å². The van der Waals surface area contributed by atoms with Gasteiger partial charge < -0.3 is 9.94 Å². The van der Waals surface area contributed by atoms with Crippen LogP contribution < -0.4 is 4.74 Å². The zero-order chi connectivity index (χ0) is 9.26. The van der Waals surface area contributed by atoms with Gasteiger partial charge in [0.1, 0.15) is 5.75 Å². The quantitative estimate of drug-likeness (QED) is 0.560. The molecule has 1 aromatic rings. The number of rotatable bonds is 0. The van der Waals surface area contributed by atoms with Gasteiger partial charge in [-0.05, 0) is 18.2 Å². The van der Waals surface area contributed by atoms with E-state index in [4.69, 9.17) is 9.94 Å². The van der Waals surface area contributed by atoms with Gasteiger partial charge >= 0.3 is 0 Å². The molecule has 0 unspecified atom stereocenters. The Morgan fingerprint density at radius 1 is 1.46 bits per heavy atom. The molecule has 1 N–H and O–H groups in total. The molecule has 0 radical (unpaired) electrons. The van der Waals surface area contributed by atoms with Crippen LogP contribution in [-0.4, -0.2) is 17.5 Å². The summed E-state index contributed by atoms with van der Waals surface area (Å²) >= 11 is 3.35. The van der Waals surface area contributed by atoms with E-state index in [0.717, 1.165) is 15.8 Å². The lowest BCUT2D eigenvalue weighted by molar-refractivity contribution is 0.298. The van der Waals surface area contributed by atoms with Gasteiger partial charge in [-0.3, -0.25) is 0 Å². The van der Waals surface area contributed by atoms with Crippen molar-refractivity contribution in [1.29, 1.82) is 0 Å². The summed E-state index contributed by atoms with van der Waals surface area (Å²) in [5.41, 5.74) is 1.56. The highest BCUT2D eigenvalue weighted by Crippen LogP contribution is 2.28. The van der Waals surface area contributed by atoms with E-state index in [1.54, 1.807) is 0 Å². The van der Waals surface area contributed by atoms with E-state index in [2.05, 4.69) is 21.1 Å². The van der Waals surface area contributed by atoms with E-state index >= 15 is 0 Å². The predicted molar refractivity (Wildman–Crippen MR) is 52.6 cm³/mol. The standard InChI is InChI=1S/C9H8BrNO2/c10-6-1-2-7-8(11-12)3-4-13-9(7)5-6/h1-2,5,12H,3-4H2/b11-8+. The van der Waals surface area contributed by atoms with Crippen molar-refractivity contribution in [2.24, 2.45) is 5.16 Å². The lowest BCUT2D eigenvalue weighted by atomic mass is 10.0. The molecule has 1 aliphatic rings. The van der Waals surface area contributed by atoms with E-state index in [0.29, 0.717) is 18.7 Å². The second kappa shape index (κ2) is 3.38. The van der Waals surface area contributed by atoms with E-state index in [-0.39, 0.29) is 0 Å². The molecule has 1 aromatic carbocycles. The van der Waals surface area contributed by atoms with Crippen molar-refractivity contribution in [3.63, 3.8) is 0 Å². The van der Waals surface area contributed by atoms with Crippen LogP contribution >= 0.6 is 15.9 Å². The van der Waals surface area contributed by atoms with Crippen molar-refractivity contribution in [2.75, 3.05) is 6.61 Å². The molecule has 1 aliphatic heterocycles. The molecule has 1 heterocycles. The van der Waals surface area contributed by atoms with Crippen LogP contribution in [0.5, 0.6) is 5.75 Å². The highest BCUT2D eigenvalue weighted by Gasteiger charge is 2.16. The molecule has 3 nitrogen and oxygen atoms in total. The summed E-state index contributed by atoms with van der Waals surface area (Å²) < 4.78 is 6.38. The van der Waals surface area contributed by atoms with E-state index < -0.39 is 0 Å². The molecule has 0 saturated carbocycles. The maximum absolute atomic E-state index is 8.73. The lowest BCUT2D eigenvalue weighted by Gasteiger charge is -2.17. The molecule has 0 atom stereocenters. The molecule has 0 saturated heterocycles. The summed E-state index contributed by atoms with van der Waals surface area (Å²) in [4.78, 5) is 0. The van der Waals surface area contributed by atoms with Crippen molar-refractivity contribution >= 4 is 21.6 Å². The fourth-order valence-electron chi connectivity index (χ4n) is 1.35. The number of ether oxygens (including phenoxy) is 1. The maximum Gasteiger partial charge on any atom is 0.129 e. The first-order valence-corrected chi connectivity index (χ1v) is 4.74. The molecule has 13 heavy (non-hydrogen) atoms. The summed E-state index contributed by atoms with van der Waals surface area (Å²) in [6, 6.07) is 5.66. The van der Waals surface area contributed by atoms with Gasteiger partial charge in [-0.2, -0.15) is 0 Å². The molecule has 0 bridgehead atoms. The van der Waals surface area contributed by atoms with E-state index in [1.165, 1.54) is 0 Å². The Kier molecular flexibility index (Phi) is 2.22. The normalized spacial score (nSPS) is 18.1. The van der Waals surface area contributed by atoms with Crippen LogP contribution in [0, 0.1) is 0 Å². The third-order valence-corrected chi connectivity index (χ3v) is 2.46. The lowest BCUT2D eigenvalue weighted by Crippen LogP contribution is -2.16. The maximum atomic E-state index is 8.73. The van der Waals surface area contributed by atoms with Crippen LogP contribution in [0.25, 0.3) is 0 Å². The molecular weight excluding hydrogens is 234 g/mol. The van der Waals surface area contributed by atoms with Gasteiger partial charge in [-0.25, -0.2) is 0 Å². The molecule has 0 fully saturated rings. The van der Waals surface area contributed by atoms with Crippen molar-refractivity contribution in [3.05, 3.63) is 28.2 Å². The van der Waals surface area contributed by atoms with Gasteiger partial charge in [0.05, 0.1) is 12.3 Å². The molecule has 0 amide bonds. The van der Waals surface area contributed by atoms with E-state index in [1.807, 2.05) is 18.2 Å². The average Bonchev–Trinajstić information content (AvgIpc) is 2.16. The van der Waals surface area contributed by atoms with Crippen LogP contribution in [0.2, 0.25) is 0 Å². The number of benzene rings is 1. The van der Waals surface area contributed by atoms with E-state index in [9.17, 15) is 0 Å². The Balaban J connectivity index is 2.52. The summed E-state index contributed by atoms with van der Waals surface area (Å²) in [6.45, 7) is 0.572. The minimum Gasteiger partial charge on any atom is -0.492 e. The zero-order valence-corrected chi connectivity index (χ0v) is 8.41. The van der Waals surface area contributed by atoms with Crippen molar-refractivity contribution in [2.45, 2.75) is 6.42 Å². The van der Waals surface area contributed by atoms with Crippen LogP contribution in [0.3, 0.4) is 0 Å². The summed E-state index contributed by atoms with van der Waals surface area (Å²) in [5.74, 6) is 0.772. The Morgan fingerprint density at radius 3 is 3.08 bits per heavy atom. The highest BCUT2D eigenvalue weighted by atomic mass is 79.9. The number of fused-ring (bicyclic) bond motifs is 1. The summed E-state index contributed by atoms with van der Waals surface area (Å²) in [5, 5.41) is 12.0. The molecular formula is C9H8BrNO2. The van der Waals surface area contributed by atoms with Gasteiger partial charge in [0.15, 0.2) is 0 Å². The number of halogens is 1. The fraction of sp³-hybridized carbons (Fsp3) is 0.222. The Labute approximate surface area is 84.1 Å². The predicted octanol–water partition coefficient (Wildman–Crippen LogP) is 2.41. The number of nitrogens with zero attached hydrogens (tertiary/aromatic N) is 1. The zero-order valence-electron chi connectivity index (χ0n) is 6.83. The first-order chi connectivity index (χ1) is 6.31. The van der Waals surface area contributed by atoms with Crippen LogP contribution in [-0.2, 0) is 0 Å². The number of hydrogen-bond acceptors (Lipinski definition) is 3. The second-order valence-electron chi connectivity index (χ2n) is 2.79. The van der Waals surface area contributed by atoms with Crippen molar-refractivity contribution in [3.8, 4) is 5.75 Å². The van der Waals surface area contributed by atoms with Crippen LogP contribution in [0.4, 0.5) is 0 Å². The molecule has 68 valence electrons.